The lowest BCUT2D eigenvalue weighted by atomic mass is 9.94. The molecule has 5 nitrogen and oxygen atoms in total. The first-order valence-corrected chi connectivity index (χ1v) is 8.54. The summed E-state index contributed by atoms with van der Waals surface area (Å²) in [4.78, 5) is 7.41. The van der Waals surface area contributed by atoms with Gasteiger partial charge in [0.2, 0.25) is 0 Å². The van der Waals surface area contributed by atoms with Gasteiger partial charge < -0.3 is 15.2 Å². The first kappa shape index (κ1) is 21.7. The number of alkyl halides is 3. The quantitative estimate of drug-likeness (QED) is 0.513. The summed E-state index contributed by atoms with van der Waals surface area (Å²) in [6, 6.07) is 9.40. The third kappa shape index (κ3) is 5.97. The zero-order valence-corrected chi connectivity index (χ0v) is 15.9. The molecule has 0 radical (unpaired) electrons. The summed E-state index contributed by atoms with van der Waals surface area (Å²) in [5, 5.41) is 13.7. The van der Waals surface area contributed by atoms with Gasteiger partial charge in [-0.2, -0.15) is 13.2 Å². The van der Waals surface area contributed by atoms with Crippen molar-refractivity contribution < 1.29 is 23.0 Å². The summed E-state index contributed by atoms with van der Waals surface area (Å²) < 4.78 is 46.0. The normalized spacial score (nSPS) is 14.4. The van der Waals surface area contributed by atoms with Crippen molar-refractivity contribution in [3.05, 3.63) is 58.6 Å². The number of aliphatic hydroxyl groups is 1. The number of benzene rings is 2. The second-order valence-electron chi connectivity index (χ2n) is 6.07. The molecule has 28 heavy (non-hydrogen) atoms. The summed E-state index contributed by atoms with van der Waals surface area (Å²) in [7, 11) is 1.54. The molecule has 2 aromatic rings. The molecule has 0 aliphatic carbocycles. The predicted molar refractivity (Wildman–Crippen MR) is 103 cm³/mol. The van der Waals surface area contributed by atoms with Crippen LogP contribution in [0.2, 0.25) is 5.02 Å². The third-order valence-electron chi connectivity index (χ3n) is 3.74. The Hall–Kier alpha value is -2.58. The maximum absolute atomic E-state index is 13.5. The van der Waals surface area contributed by atoms with E-state index >= 15 is 0 Å². The van der Waals surface area contributed by atoms with Gasteiger partial charge in [-0.15, -0.1) is 0 Å². The minimum atomic E-state index is -4.67. The molecular weight excluding hydrogens is 395 g/mol. The second-order valence-corrected chi connectivity index (χ2v) is 6.51. The van der Waals surface area contributed by atoms with Gasteiger partial charge in [-0.1, -0.05) is 17.7 Å². The Balaban J connectivity index is 2.29. The van der Waals surface area contributed by atoms with Gasteiger partial charge in [0.15, 0.2) is 0 Å². The molecule has 0 saturated heterocycles. The molecule has 0 aliphatic heterocycles. The lowest BCUT2D eigenvalue weighted by Gasteiger charge is -2.25. The maximum atomic E-state index is 13.5. The molecule has 1 atom stereocenters. The smallest absolute Gasteiger partial charge is 0.419 e. The zero-order valence-electron chi connectivity index (χ0n) is 15.2. The number of nitrogens with one attached hydrogen (secondary N) is 1. The third-order valence-corrected chi connectivity index (χ3v) is 3.99. The molecule has 2 rings (SSSR count). The van der Waals surface area contributed by atoms with E-state index in [2.05, 4.69) is 15.3 Å². The number of rotatable bonds is 7. The van der Waals surface area contributed by atoms with Gasteiger partial charge in [-0.3, -0.25) is 4.99 Å². The molecule has 0 spiro atoms. The van der Waals surface area contributed by atoms with Crippen molar-refractivity contribution in [1.82, 2.24) is 5.32 Å². The number of halogens is 4. The van der Waals surface area contributed by atoms with Gasteiger partial charge in [0.1, 0.15) is 23.4 Å². The van der Waals surface area contributed by atoms with Crippen molar-refractivity contribution in [3.8, 4) is 11.5 Å². The molecule has 2 N–H and O–H groups in total. The van der Waals surface area contributed by atoms with Gasteiger partial charge in [0.25, 0.3) is 0 Å². The van der Waals surface area contributed by atoms with Crippen LogP contribution < -0.4 is 10.1 Å². The minimum Gasteiger partial charge on any atom is -0.457 e. The van der Waals surface area contributed by atoms with Crippen LogP contribution in [0, 0.1) is 0 Å². The van der Waals surface area contributed by atoms with E-state index < -0.39 is 17.3 Å². The Morgan fingerprint density at radius 3 is 2.46 bits per heavy atom. The summed E-state index contributed by atoms with van der Waals surface area (Å²) in [6.45, 7) is 1.35. The molecule has 0 aromatic heterocycles. The van der Waals surface area contributed by atoms with Gasteiger partial charge in [-0.05, 0) is 48.9 Å². The Morgan fingerprint density at radius 1 is 1.18 bits per heavy atom. The molecule has 2 aromatic carbocycles. The molecule has 0 fully saturated rings. The van der Waals surface area contributed by atoms with E-state index in [0.29, 0.717) is 5.02 Å². The number of hydrogen-bond acceptors (Lipinski definition) is 3. The van der Waals surface area contributed by atoms with Crippen LogP contribution in [0.25, 0.3) is 0 Å². The van der Waals surface area contributed by atoms with Crippen molar-refractivity contribution in [2.45, 2.75) is 18.7 Å². The average Bonchev–Trinajstić information content (AvgIpc) is 2.62. The predicted octanol–water partition coefficient (Wildman–Crippen LogP) is 4.63. The van der Waals surface area contributed by atoms with E-state index in [1.54, 1.807) is 7.05 Å². The van der Waals surface area contributed by atoms with Crippen LogP contribution in [0.4, 0.5) is 13.2 Å². The molecule has 0 aliphatic rings. The molecule has 0 heterocycles. The standard InChI is InChI=1S/C19H19ClF3N3O2/c1-18(27,10-25-12-26-11-24-2)13-3-8-17(16(9-13)19(21,22)23)28-15-6-4-14(20)5-7-15/h3-9,11-12,27H,10H2,1-2H3,(H,24,25,26). The van der Waals surface area contributed by atoms with E-state index in [1.165, 1.54) is 56.0 Å². The molecular formula is C19H19ClF3N3O2. The fourth-order valence-corrected chi connectivity index (χ4v) is 2.43. The highest BCUT2D eigenvalue weighted by Gasteiger charge is 2.36. The topological polar surface area (TPSA) is 66.2 Å². The number of aliphatic imine (C=N–C) groups is 2. The summed E-state index contributed by atoms with van der Waals surface area (Å²) in [5.41, 5.74) is -2.49. The lowest BCUT2D eigenvalue weighted by Crippen LogP contribution is -2.35. The minimum absolute atomic E-state index is 0.0528. The fraction of sp³-hybridized carbons (Fsp3) is 0.263. The van der Waals surface area contributed by atoms with Gasteiger partial charge in [0, 0.05) is 18.6 Å². The maximum Gasteiger partial charge on any atom is 0.419 e. The van der Waals surface area contributed by atoms with Crippen molar-refractivity contribution >= 4 is 24.3 Å². The first-order chi connectivity index (χ1) is 13.1. The van der Waals surface area contributed by atoms with Gasteiger partial charge in [0.05, 0.1) is 11.9 Å². The highest BCUT2D eigenvalue weighted by molar-refractivity contribution is 6.30. The van der Waals surface area contributed by atoms with Crippen molar-refractivity contribution in [2.24, 2.45) is 9.98 Å². The van der Waals surface area contributed by atoms with Crippen LogP contribution >= 0.6 is 11.6 Å². The van der Waals surface area contributed by atoms with E-state index in [1.807, 2.05) is 0 Å². The van der Waals surface area contributed by atoms with Gasteiger partial charge in [-0.25, -0.2) is 4.99 Å². The Bertz CT molecular complexity index is 850. The molecule has 0 bridgehead atoms. The Morgan fingerprint density at radius 2 is 1.86 bits per heavy atom. The van der Waals surface area contributed by atoms with E-state index in [-0.39, 0.29) is 23.6 Å². The molecule has 0 amide bonds. The van der Waals surface area contributed by atoms with E-state index in [4.69, 9.17) is 16.3 Å². The van der Waals surface area contributed by atoms with Crippen LogP contribution in [-0.4, -0.2) is 31.4 Å². The molecule has 150 valence electrons. The molecule has 9 heteroatoms. The van der Waals surface area contributed by atoms with Crippen molar-refractivity contribution in [3.63, 3.8) is 0 Å². The average molecular weight is 414 g/mol. The number of hydrogen-bond donors (Lipinski definition) is 2. The van der Waals surface area contributed by atoms with Gasteiger partial charge >= 0.3 is 6.18 Å². The SMILES string of the molecule is C/N=C\N=C/NCC(C)(O)c1ccc(Oc2ccc(Cl)cc2)c(C(F)(F)F)c1. The van der Waals surface area contributed by atoms with Crippen molar-refractivity contribution in [2.75, 3.05) is 13.6 Å². The van der Waals surface area contributed by atoms with Crippen LogP contribution in [-0.2, 0) is 11.8 Å². The highest BCUT2D eigenvalue weighted by atomic mass is 35.5. The summed E-state index contributed by atoms with van der Waals surface area (Å²) >= 11 is 5.77. The number of nitrogens with zero attached hydrogens (tertiary/aromatic N) is 2. The highest BCUT2D eigenvalue weighted by Crippen LogP contribution is 2.40. The lowest BCUT2D eigenvalue weighted by molar-refractivity contribution is -0.138. The van der Waals surface area contributed by atoms with Crippen LogP contribution in [0.3, 0.4) is 0 Å². The monoisotopic (exact) mass is 413 g/mol. The van der Waals surface area contributed by atoms with E-state index in [0.717, 1.165) is 6.07 Å². The Kier molecular flexibility index (Phi) is 7.04. The van der Waals surface area contributed by atoms with Crippen LogP contribution in [0.5, 0.6) is 11.5 Å². The zero-order chi connectivity index (χ0) is 20.8. The first-order valence-electron chi connectivity index (χ1n) is 8.16. The van der Waals surface area contributed by atoms with Crippen molar-refractivity contribution in [1.29, 1.82) is 0 Å². The largest absolute Gasteiger partial charge is 0.457 e. The molecule has 1 unspecified atom stereocenters. The molecule has 0 saturated carbocycles. The second kappa shape index (κ2) is 9.07. The van der Waals surface area contributed by atoms with Crippen LogP contribution in [0.15, 0.2) is 52.4 Å². The Labute approximate surface area is 165 Å². The summed E-state index contributed by atoms with van der Waals surface area (Å²) in [5.74, 6) is -0.159. The fourth-order valence-electron chi connectivity index (χ4n) is 2.30. The van der Waals surface area contributed by atoms with Crippen LogP contribution in [0.1, 0.15) is 18.1 Å². The summed E-state index contributed by atoms with van der Waals surface area (Å²) in [6.07, 6.45) is -2.09. The van der Waals surface area contributed by atoms with E-state index in [9.17, 15) is 18.3 Å². The number of ether oxygens (including phenoxy) is 1.